The Kier molecular flexibility index (Phi) is 4.34. The Balaban J connectivity index is 1.56. The topological polar surface area (TPSA) is 59.0 Å². The van der Waals surface area contributed by atoms with Crippen LogP contribution in [0.15, 0.2) is 36.7 Å². The minimum atomic E-state index is -0.270. The molecule has 1 aliphatic rings. The number of anilines is 1. The molecule has 6 heteroatoms. The number of halogens is 1. The van der Waals surface area contributed by atoms with Gasteiger partial charge in [-0.1, -0.05) is 23.7 Å². The number of carbonyl (C=O) groups is 1. The van der Waals surface area contributed by atoms with Gasteiger partial charge in [0.2, 0.25) is 5.91 Å². The molecule has 0 saturated heterocycles. The summed E-state index contributed by atoms with van der Waals surface area (Å²) < 4.78 is 1.83. The second kappa shape index (κ2) is 6.40. The predicted molar refractivity (Wildman–Crippen MR) is 87.0 cm³/mol. The standard InChI is InChI=1S/C16H19ClN4O/c1-11(16(22)20-14-6-7-14)19-15-8-18-21(10-15)9-12-2-4-13(17)5-3-12/h2-5,8,10-11,14,19H,6-7,9H2,1H3,(H,20,22)/t11-/m1/s1. The van der Waals surface area contributed by atoms with E-state index in [1.807, 2.05) is 42.1 Å². The highest BCUT2D eigenvalue weighted by atomic mass is 35.5. The van der Waals surface area contributed by atoms with E-state index in [9.17, 15) is 4.79 Å². The maximum absolute atomic E-state index is 11.9. The average Bonchev–Trinajstić information content (AvgIpc) is 3.20. The van der Waals surface area contributed by atoms with Crippen LogP contribution in [0.4, 0.5) is 5.69 Å². The lowest BCUT2D eigenvalue weighted by Crippen LogP contribution is -2.38. The van der Waals surface area contributed by atoms with Gasteiger partial charge in [-0.2, -0.15) is 5.10 Å². The Morgan fingerprint density at radius 3 is 2.82 bits per heavy atom. The summed E-state index contributed by atoms with van der Waals surface area (Å²) in [4.78, 5) is 11.9. The molecule has 1 aliphatic carbocycles. The maximum atomic E-state index is 11.9. The van der Waals surface area contributed by atoms with Crippen molar-refractivity contribution in [2.45, 2.75) is 38.4 Å². The van der Waals surface area contributed by atoms with Gasteiger partial charge in [0, 0.05) is 17.3 Å². The van der Waals surface area contributed by atoms with Gasteiger partial charge in [0.25, 0.3) is 0 Å². The molecule has 22 heavy (non-hydrogen) atoms. The number of hydrogen-bond acceptors (Lipinski definition) is 3. The fraction of sp³-hybridized carbons (Fsp3) is 0.375. The van der Waals surface area contributed by atoms with Crippen molar-refractivity contribution < 1.29 is 4.79 Å². The van der Waals surface area contributed by atoms with Crippen LogP contribution in [-0.4, -0.2) is 27.8 Å². The summed E-state index contributed by atoms with van der Waals surface area (Å²) in [6.45, 7) is 2.52. The highest BCUT2D eigenvalue weighted by Gasteiger charge is 2.25. The van der Waals surface area contributed by atoms with Crippen LogP contribution in [0.1, 0.15) is 25.3 Å². The van der Waals surface area contributed by atoms with E-state index in [4.69, 9.17) is 11.6 Å². The van der Waals surface area contributed by atoms with E-state index < -0.39 is 0 Å². The molecule has 3 rings (SSSR count). The van der Waals surface area contributed by atoms with Gasteiger partial charge in [-0.05, 0) is 37.5 Å². The van der Waals surface area contributed by atoms with Crippen LogP contribution in [0.2, 0.25) is 5.02 Å². The molecular formula is C16H19ClN4O. The molecule has 5 nitrogen and oxygen atoms in total. The third kappa shape index (κ3) is 4.01. The smallest absolute Gasteiger partial charge is 0.242 e. The molecule has 0 bridgehead atoms. The van der Waals surface area contributed by atoms with Gasteiger partial charge in [-0.25, -0.2) is 0 Å². The Morgan fingerprint density at radius 2 is 2.14 bits per heavy atom. The quantitative estimate of drug-likeness (QED) is 0.861. The van der Waals surface area contributed by atoms with Gasteiger partial charge in [0.15, 0.2) is 0 Å². The predicted octanol–water partition coefficient (Wildman–Crippen LogP) is 2.66. The first-order chi connectivity index (χ1) is 10.6. The molecule has 2 aromatic rings. The summed E-state index contributed by atoms with van der Waals surface area (Å²) in [5, 5.41) is 11.2. The largest absolute Gasteiger partial charge is 0.371 e. The zero-order chi connectivity index (χ0) is 15.5. The highest BCUT2D eigenvalue weighted by molar-refractivity contribution is 6.30. The number of aromatic nitrogens is 2. The Hall–Kier alpha value is -2.01. The summed E-state index contributed by atoms with van der Waals surface area (Å²) in [5.41, 5.74) is 1.96. The van der Waals surface area contributed by atoms with Crippen molar-refractivity contribution in [1.82, 2.24) is 15.1 Å². The normalized spacial score (nSPS) is 15.4. The monoisotopic (exact) mass is 318 g/mol. The van der Waals surface area contributed by atoms with Crippen molar-refractivity contribution in [3.8, 4) is 0 Å². The van der Waals surface area contributed by atoms with Crippen LogP contribution in [0.25, 0.3) is 0 Å². The lowest BCUT2D eigenvalue weighted by atomic mass is 10.2. The number of rotatable bonds is 6. The van der Waals surface area contributed by atoms with Gasteiger partial charge in [0.1, 0.15) is 6.04 Å². The van der Waals surface area contributed by atoms with Gasteiger partial charge in [-0.3, -0.25) is 9.48 Å². The van der Waals surface area contributed by atoms with Gasteiger partial charge in [-0.15, -0.1) is 0 Å². The maximum Gasteiger partial charge on any atom is 0.242 e. The second-order valence-electron chi connectivity index (χ2n) is 5.70. The molecule has 1 aromatic heterocycles. The summed E-state index contributed by atoms with van der Waals surface area (Å²) in [7, 11) is 0. The molecule has 0 unspecified atom stereocenters. The first kappa shape index (κ1) is 14.9. The molecule has 0 radical (unpaired) electrons. The fourth-order valence-corrected chi connectivity index (χ4v) is 2.30. The SMILES string of the molecule is C[C@@H](Nc1cnn(Cc2ccc(Cl)cc2)c1)C(=O)NC1CC1. The Labute approximate surface area is 134 Å². The number of carbonyl (C=O) groups excluding carboxylic acids is 1. The zero-order valence-electron chi connectivity index (χ0n) is 12.4. The van der Waals surface area contributed by atoms with E-state index in [1.54, 1.807) is 6.20 Å². The molecular weight excluding hydrogens is 300 g/mol. The van der Waals surface area contributed by atoms with Gasteiger partial charge >= 0.3 is 0 Å². The first-order valence-corrected chi connectivity index (χ1v) is 7.82. The number of amides is 1. The molecule has 1 saturated carbocycles. The molecule has 1 aromatic carbocycles. The second-order valence-corrected chi connectivity index (χ2v) is 6.14. The summed E-state index contributed by atoms with van der Waals surface area (Å²) in [5.74, 6) is 0.0351. The highest BCUT2D eigenvalue weighted by Crippen LogP contribution is 2.19. The van der Waals surface area contributed by atoms with Crippen LogP contribution in [0, 0.1) is 0 Å². The van der Waals surface area contributed by atoms with E-state index in [-0.39, 0.29) is 11.9 Å². The number of nitrogens with zero attached hydrogens (tertiary/aromatic N) is 2. The van der Waals surface area contributed by atoms with E-state index in [0.29, 0.717) is 12.6 Å². The molecule has 1 atom stereocenters. The van der Waals surface area contributed by atoms with Crippen LogP contribution < -0.4 is 10.6 Å². The molecule has 116 valence electrons. The fourth-order valence-electron chi connectivity index (χ4n) is 2.17. The zero-order valence-corrected chi connectivity index (χ0v) is 13.2. The van der Waals surface area contributed by atoms with Gasteiger partial charge in [0.05, 0.1) is 18.4 Å². The van der Waals surface area contributed by atoms with Crippen molar-refractivity contribution in [2.24, 2.45) is 0 Å². The number of benzene rings is 1. The van der Waals surface area contributed by atoms with Crippen molar-refractivity contribution in [3.63, 3.8) is 0 Å². The van der Waals surface area contributed by atoms with E-state index >= 15 is 0 Å². The molecule has 1 amide bonds. The summed E-state index contributed by atoms with van der Waals surface area (Å²) >= 11 is 5.88. The Morgan fingerprint density at radius 1 is 1.41 bits per heavy atom. The van der Waals surface area contributed by atoms with E-state index in [0.717, 1.165) is 29.1 Å². The van der Waals surface area contributed by atoms with Crippen LogP contribution in [0.5, 0.6) is 0 Å². The lowest BCUT2D eigenvalue weighted by molar-refractivity contribution is -0.121. The average molecular weight is 319 g/mol. The molecule has 0 aliphatic heterocycles. The minimum absolute atomic E-state index is 0.0351. The molecule has 2 N–H and O–H groups in total. The summed E-state index contributed by atoms with van der Waals surface area (Å²) in [6.07, 6.45) is 5.82. The van der Waals surface area contributed by atoms with Gasteiger partial charge < -0.3 is 10.6 Å². The molecule has 1 fully saturated rings. The third-order valence-electron chi connectivity index (χ3n) is 3.59. The van der Waals surface area contributed by atoms with E-state index in [1.165, 1.54) is 0 Å². The van der Waals surface area contributed by atoms with Crippen LogP contribution in [0.3, 0.4) is 0 Å². The minimum Gasteiger partial charge on any atom is -0.371 e. The van der Waals surface area contributed by atoms with Crippen LogP contribution >= 0.6 is 11.6 Å². The van der Waals surface area contributed by atoms with Crippen molar-refractivity contribution in [1.29, 1.82) is 0 Å². The van der Waals surface area contributed by atoms with Crippen molar-refractivity contribution in [2.75, 3.05) is 5.32 Å². The Bertz CT molecular complexity index is 648. The number of hydrogen-bond donors (Lipinski definition) is 2. The summed E-state index contributed by atoms with van der Waals surface area (Å²) in [6, 6.07) is 7.79. The van der Waals surface area contributed by atoms with E-state index in [2.05, 4.69) is 15.7 Å². The number of nitrogens with one attached hydrogen (secondary N) is 2. The molecule has 0 spiro atoms. The first-order valence-electron chi connectivity index (χ1n) is 7.44. The van der Waals surface area contributed by atoms with Crippen LogP contribution in [-0.2, 0) is 11.3 Å². The van der Waals surface area contributed by atoms with Crippen molar-refractivity contribution in [3.05, 3.63) is 47.2 Å². The molecule has 1 heterocycles. The van der Waals surface area contributed by atoms with Crippen molar-refractivity contribution >= 4 is 23.2 Å². The lowest BCUT2D eigenvalue weighted by Gasteiger charge is -2.13. The third-order valence-corrected chi connectivity index (χ3v) is 3.84.